The number of thiophene rings is 4. The molecule has 0 aliphatic carbocycles. The van der Waals surface area contributed by atoms with E-state index in [4.69, 9.17) is 0 Å². The molecule has 0 amide bonds. The normalized spacial score (nSPS) is 12.5. The zero-order valence-electron chi connectivity index (χ0n) is 21.3. The lowest BCUT2D eigenvalue weighted by Crippen LogP contribution is -1.78. The van der Waals surface area contributed by atoms with Crippen LogP contribution in [0.15, 0.2) is 72.8 Å². The van der Waals surface area contributed by atoms with Gasteiger partial charge in [-0.3, -0.25) is 0 Å². The van der Waals surface area contributed by atoms with Crippen LogP contribution in [0, 0.1) is 0 Å². The van der Waals surface area contributed by atoms with Gasteiger partial charge in [-0.25, -0.2) is 0 Å². The Hall–Kier alpha value is -3.02. The van der Waals surface area contributed by atoms with E-state index in [1.165, 1.54) is 71.0 Å². The summed E-state index contributed by atoms with van der Waals surface area (Å²) in [6.45, 7) is 4.40. The van der Waals surface area contributed by atoms with Crippen LogP contribution in [0.25, 0.3) is 63.3 Å². The van der Waals surface area contributed by atoms with E-state index in [-0.39, 0.29) is 0 Å². The third-order valence-electron chi connectivity index (χ3n) is 7.10. The van der Waals surface area contributed by atoms with Crippen molar-refractivity contribution < 1.29 is 0 Å². The first-order chi connectivity index (χ1) is 18.7. The fraction of sp³-hybridized carbons (Fsp3) is 0.118. The van der Waals surface area contributed by atoms with Crippen LogP contribution in [0.4, 0.5) is 0 Å². The topological polar surface area (TPSA) is 0 Å². The summed E-state index contributed by atoms with van der Waals surface area (Å²) in [6, 6.07) is 27.3. The minimum absolute atomic E-state index is 1.08. The largest absolute Gasteiger partial charge is 0.134 e. The van der Waals surface area contributed by atoms with Crippen LogP contribution in [-0.2, 0) is 12.8 Å². The molecule has 0 N–H and O–H groups in total. The van der Waals surface area contributed by atoms with Gasteiger partial charge in [-0.2, -0.15) is 0 Å². The minimum Gasteiger partial charge on any atom is -0.134 e. The van der Waals surface area contributed by atoms with Crippen LogP contribution in [-0.4, -0.2) is 0 Å². The molecule has 0 aliphatic heterocycles. The Morgan fingerprint density at radius 2 is 0.895 bits per heavy atom. The number of hydrogen-bond acceptors (Lipinski definition) is 4. The van der Waals surface area contributed by atoms with E-state index < -0.39 is 0 Å². The minimum atomic E-state index is 1.08. The van der Waals surface area contributed by atoms with Crippen molar-refractivity contribution in [2.75, 3.05) is 0 Å². The van der Waals surface area contributed by atoms with Gasteiger partial charge in [0.15, 0.2) is 0 Å². The molecule has 0 unspecified atom stereocenters. The summed E-state index contributed by atoms with van der Waals surface area (Å²) in [7, 11) is 0. The monoisotopic (exact) mass is 562 g/mol. The molecule has 3 aromatic carbocycles. The van der Waals surface area contributed by atoms with E-state index in [1.54, 1.807) is 0 Å². The van der Waals surface area contributed by atoms with Gasteiger partial charge < -0.3 is 0 Å². The number of benzene rings is 3. The van der Waals surface area contributed by atoms with Crippen molar-refractivity contribution >= 4 is 109 Å². The van der Waals surface area contributed by atoms with Crippen LogP contribution in [0.1, 0.15) is 45.9 Å². The highest BCUT2D eigenvalue weighted by Gasteiger charge is 2.14. The second-order valence-electron chi connectivity index (χ2n) is 9.59. The third-order valence-corrected chi connectivity index (χ3v) is 11.8. The smallest absolute Gasteiger partial charge is 0.0536 e. The van der Waals surface area contributed by atoms with E-state index in [1.807, 2.05) is 45.3 Å². The van der Waals surface area contributed by atoms with E-state index in [0.717, 1.165) is 12.8 Å². The van der Waals surface area contributed by atoms with Crippen molar-refractivity contribution in [3.8, 4) is 0 Å². The molecule has 0 saturated carbocycles. The van der Waals surface area contributed by atoms with Gasteiger partial charge in [-0.15, -0.1) is 45.3 Å². The summed E-state index contributed by atoms with van der Waals surface area (Å²) in [6.07, 6.45) is 11.2. The lowest BCUT2D eigenvalue weighted by Gasteiger charge is -1.97. The fourth-order valence-electron chi connectivity index (χ4n) is 4.88. The van der Waals surface area contributed by atoms with Crippen molar-refractivity contribution in [2.45, 2.75) is 26.7 Å². The maximum absolute atomic E-state index is 2.43. The second kappa shape index (κ2) is 9.94. The summed E-state index contributed by atoms with van der Waals surface area (Å²) >= 11 is 7.67. The van der Waals surface area contributed by atoms with Crippen LogP contribution in [0.3, 0.4) is 0 Å². The Balaban J connectivity index is 1.19. The summed E-state index contributed by atoms with van der Waals surface area (Å²) in [4.78, 5) is 2.64. The lowest BCUT2D eigenvalue weighted by atomic mass is 10.1. The molecule has 0 radical (unpaired) electrons. The molecule has 0 nitrogen and oxygen atoms in total. The molecule has 4 heterocycles. The molecule has 4 aromatic heterocycles. The number of rotatable bonds is 6. The molecule has 0 atom stereocenters. The quantitative estimate of drug-likeness (QED) is 0.189. The molecule has 0 fully saturated rings. The zero-order chi connectivity index (χ0) is 25.6. The maximum atomic E-state index is 2.43. The number of aryl methyl sites for hydroxylation is 2. The number of fused-ring (bicyclic) bond motifs is 6. The first-order valence-electron chi connectivity index (χ1n) is 13.0. The van der Waals surface area contributed by atoms with Crippen molar-refractivity contribution in [1.82, 2.24) is 0 Å². The molecule has 7 aromatic rings. The van der Waals surface area contributed by atoms with Gasteiger partial charge in [0.2, 0.25) is 0 Å². The van der Waals surface area contributed by atoms with Crippen LogP contribution in [0.2, 0.25) is 0 Å². The summed E-state index contributed by atoms with van der Waals surface area (Å²) < 4.78 is 8.41. The van der Waals surface area contributed by atoms with Crippen molar-refractivity contribution in [2.24, 2.45) is 0 Å². The van der Waals surface area contributed by atoms with Crippen molar-refractivity contribution in [3.05, 3.63) is 105 Å². The van der Waals surface area contributed by atoms with Gasteiger partial charge in [-0.1, -0.05) is 74.5 Å². The highest BCUT2D eigenvalue weighted by Crippen LogP contribution is 2.46. The molecule has 0 spiro atoms. The summed E-state index contributed by atoms with van der Waals surface area (Å²) in [5.74, 6) is 0. The molecule has 7 rings (SSSR count). The first kappa shape index (κ1) is 24.1. The molecular formula is C34H26S4. The molecule has 4 heteroatoms. The highest BCUT2D eigenvalue weighted by molar-refractivity contribution is 7.34. The molecule has 0 saturated heterocycles. The van der Waals surface area contributed by atoms with Gasteiger partial charge >= 0.3 is 0 Å². The average molecular weight is 563 g/mol. The van der Waals surface area contributed by atoms with E-state index >= 15 is 0 Å². The van der Waals surface area contributed by atoms with Gasteiger partial charge in [0.1, 0.15) is 0 Å². The third kappa shape index (κ3) is 4.46. The zero-order valence-corrected chi connectivity index (χ0v) is 24.6. The first-order valence-corrected chi connectivity index (χ1v) is 16.3. The van der Waals surface area contributed by atoms with E-state index in [2.05, 4.69) is 111 Å². The van der Waals surface area contributed by atoms with E-state index in [0.29, 0.717) is 0 Å². The molecular weight excluding hydrogens is 537 g/mol. The van der Waals surface area contributed by atoms with Gasteiger partial charge in [-0.05, 0) is 71.5 Å². The fourth-order valence-corrected chi connectivity index (χ4v) is 9.78. The predicted molar refractivity (Wildman–Crippen MR) is 177 cm³/mol. The maximum Gasteiger partial charge on any atom is 0.0536 e. The highest BCUT2D eigenvalue weighted by atomic mass is 32.1. The second-order valence-corrected chi connectivity index (χ2v) is 13.9. The summed E-state index contributed by atoms with van der Waals surface area (Å²) in [5.41, 5.74) is 5.28. The Labute approximate surface area is 238 Å². The van der Waals surface area contributed by atoms with Crippen LogP contribution >= 0.6 is 45.3 Å². The molecule has 38 heavy (non-hydrogen) atoms. The van der Waals surface area contributed by atoms with Gasteiger partial charge in [0, 0.05) is 39.3 Å². The van der Waals surface area contributed by atoms with Gasteiger partial charge in [0.25, 0.3) is 0 Å². The Morgan fingerprint density at radius 1 is 0.474 bits per heavy atom. The van der Waals surface area contributed by atoms with Crippen molar-refractivity contribution in [3.63, 3.8) is 0 Å². The standard InChI is InChI=1S/C34H26S4/c1-3-21-5-9-23(10-6-21)13-15-25-17-31-33(35-25)27-19-30-28(20-29(27)37-31)34-32(38-30)18-26(36-34)16-14-24-11-7-22(4-2)8-12-24/h5-20H,3-4H2,1-2H3/b15-13+,16-14+. The summed E-state index contributed by atoms with van der Waals surface area (Å²) in [5, 5.41) is 2.80. The van der Waals surface area contributed by atoms with Gasteiger partial charge in [0.05, 0.1) is 9.40 Å². The molecule has 186 valence electrons. The average Bonchev–Trinajstić information content (AvgIpc) is 3.69. The van der Waals surface area contributed by atoms with Crippen LogP contribution in [0.5, 0.6) is 0 Å². The Kier molecular flexibility index (Phi) is 6.29. The molecule has 0 bridgehead atoms. The van der Waals surface area contributed by atoms with E-state index in [9.17, 15) is 0 Å². The molecule has 0 aliphatic rings. The Morgan fingerprint density at radius 3 is 1.29 bits per heavy atom. The number of hydrogen-bond donors (Lipinski definition) is 0. The SMILES string of the molecule is CCc1ccc(/C=C/c2cc3sc4cc5c(cc4c3s2)sc2cc(/C=C/c3ccc(CC)cc3)sc25)cc1. The lowest BCUT2D eigenvalue weighted by molar-refractivity contribution is 1.14. The Bertz CT molecular complexity index is 1820. The van der Waals surface area contributed by atoms with Crippen LogP contribution < -0.4 is 0 Å². The van der Waals surface area contributed by atoms with Crippen molar-refractivity contribution in [1.29, 1.82) is 0 Å². The predicted octanol–water partition coefficient (Wildman–Crippen LogP) is 12.0.